The molecule has 1 aromatic rings. The normalized spacial score (nSPS) is 35.9. The second-order valence-electron chi connectivity index (χ2n) is 4.20. The monoisotopic (exact) mass is 371 g/mol. The molecule has 0 aliphatic carbocycles. The highest BCUT2D eigenvalue weighted by molar-refractivity contribution is 14.1. The van der Waals surface area contributed by atoms with Crippen molar-refractivity contribution in [3.05, 3.63) is 39.5 Å². The second kappa shape index (κ2) is 4.41. The van der Waals surface area contributed by atoms with Gasteiger partial charge in [-0.3, -0.25) is 14.3 Å². The van der Waals surface area contributed by atoms with E-state index < -0.39 is 29.0 Å². The maximum Gasteiger partial charge on any atom is 0.330 e. The number of aromatic amines is 1. The van der Waals surface area contributed by atoms with E-state index in [2.05, 4.69) is 0 Å². The van der Waals surface area contributed by atoms with Gasteiger partial charge in [0.2, 0.25) is 5.85 Å². The molecule has 8 heteroatoms. The first kappa shape index (κ1) is 13.7. The lowest BCUT2D eigenvalue weighted by atomic mass is 10.0. The first-order valence-corrected chi connectivity index (χ1v) is 6.60. The number of hydrogen-bond acceptors (Lipinski definition) is 3. The zero-order valence-electron chi connectivity index (χ0n) is 9.32. The summed E-state index contributed by atoms with van der Waals surface area (Å²) in [5.41, 5.74) is -3.61. The summed E-state index contributed by atoms with van der Waals surface area (Å²) >= 11 is 1.72. The Bertz CT molecular complexity index is 571. The minimum atomic E-state index is -2.23. The average Bonchev–Trinajstić information content (AvgIpc) is 2.50. The van der Waals surface area contributed by atoms with Crippen molar-refractivity contribution in [2.75, 3.05) is 4.43 Å². The summed E-state index contributed by atoms with van der Waals surface area (Å²) < 4.78 is 33.9. The van der Waals surface area contributed by atoms with Crippen LogP contribution in [0.5, 0.6) is 0 Å². The van der Waals surface area contributed by atoms with Crippen LogP contribution in [0.25, 0.3) is 0 Å². The number of halogens is 3. The molecule has 18 heavy (non-hydrogen) atoms. The van der Waals surface area contributed by atoms with Crippen LogP contribution in [0.1, 0.15) is 13.2 Å². The van der Waals surface area contributed by atoms with Crippen LogP contribution in [0.15, 0.2) is 21.9 Å². The molecule has 1 aliphatic heterocycles. The minimum Gasteiger partial charge on any atom is -0.317 e. The maximum absolute atomic E-state index is 14.2. The molecular formula is C10H10F2IN2O3. The highest BCUT2D eigenvalue weighted by Crippen LogP contribution is 2.46. The van der Waals surface area contributed by atoms with Crippen LogP contribution in [-0.4, -0.2) is 25.5 Å². The molecule has 0 amide bonds. The van der Waals surface area contributed by atoms with Gasteiger partial charge >= 0.3 is 5.69 Å². The third-order valence-electron chi connectivity index (χ3n) is 2.57. The lowest BCUT2D eigenvalue weighted by Crippen LogP contribution is -2.38. The van der Waals surface area contributed by atoms with Gasteiger partial charge in [-0.2, -0.15) is 0 Å². The van der Waals surface area contributed by atoms with Crippen LogP contribution >= 0.6 is 22.6 Å². The summed E-state index contributed by atoms with van der Waals surface area (Å²) in [6, 6.07) is 1.04. The van der Waals surface area contributed by atoms with Crippen LogP contribution in [0.4, 0.5) is 8.78 Å². The van der Waals surface area contributed by atoms with Gasteiger partial charge in [-0.25, -0.2) is 13.6 Å². The predicted molar refractivity (Wildman–Crippen MR) is 68.0 cm³/mol. The molecule has 1 N–H and O–H groups in total. The number of rotatable bonds is 2. The van der Waals surface area contributed by atoms with Crippen molar-refractivity contribution in [2.45, 2.75) is 24.7 Å². The van der Waals surface area contributed by atoms with Gasteiger partial charge in [-0.15, -0.1) is 0 Å². The highest BCUT2D eigenvalue weighted by Gasteiger charge is 2.56. The minimum absolute atomic E-state index is 0.0983. The van der Waals surface area contributed by atoms with Gasteiger partial charge < -0.3 is 4.74 Å². The quantitative estimate of drug-likeness (QED) is 0.626. The van der Waals surface area contributed by atoms with E-state index in [1.54, 1.807) is 22.6 Å². The van der Waals surface area contributed by atoms with Gasteiger partial charge in [0, 0.05) is 12.3 Å². The Morgan fingerprint density at radius 1 is 1.56 bits per heavy atom. The van der Waals surface area contributed by atoms with Gasteiger partial charge in [0.05, 0.1) is 10.8 Å². The molecule has 5 nitrogen and oxygen atoms in total. The third-order valence-corrected chi connectivity index (χ3v) is 3.61. The van der Waals surface area contributed by atoms with E-state index in [0.717, 1.165) is 30.2 Å². The summed E-state index contributed by atoms with van der Waals surface area (Å²) in [6.45, 7) is 1.11. The predicted octanol–water partition coefficient (Wildman–Crippen LogP) is 1.10. The molecule has 3 atom stereocenters. The van der Waals surface area contributed by atoms with Crippen LogP contribution < -0.4 is 11.2 Å². The van der Waals surface area contributed by atoms with E-state index >= 15 is 0 Å². The molecule has 99 valence electrons. The average molecular weight is 371 g/mol. The molecule has 2 rings (SSSR count). The fraction of sp³-hybridized carbons (Fsp3) is 0.500. The standard InChI is InChI=1S/C10H10F2IN2O3/c1-9(11)4-10(12,5-13)18-7(9)15-3-2-6(16)14-8(15)17/h2-4,7H,5H2,1H3,(H,14,16,17)/t7-,9-,10+/m1/s1. The largest absolute Gasteiger partial charge is 0.330 e. The van der Waals surface area contributed by atoms with E-state index in [9.17, 15) is 18.4 Å². The lowest BCUT2D eigenvalue weighted by molar-refractivity contribution is -0.141. The smallest absolute Gasteiger partial charge is 0.317 e. The van der Waals surface area contributed by atoms with Crippen molar-refractivity contribution < 1.29 is 13.5 Å². The molecule has 1 radical (unpaired) electrons. The Morgan fingerprint density at radius 3 is 2.72 bits per heavy atom. The summed E-state index contributed by atoms with van der Waals surface area (Å²) in [6.07, 6.45) is 0.423. The molecule has 1 aromatic heterocycles. The molecule has 0 aromatic carbocycles. The number of nitrogens with one attached hydrogen (secondary N) is 1. The number of nitrogens with zero attached hydrogens (tertiary/aromatic N) is 1. The van der Waals surface area contributed by atoms with Crippen LogP contribution in [0.3, 0.4) is 0 Å². The summed E-state index contributed by atoms with van der Waals surface area (Å²) in [7, 11) is 0. The van der Waals surface area contributed by atoms with Gasteiger partial charge in [0.1, 0.15) is 0 Å². The number of alkyl halides is 3. The van der Waals surface area contributed by atoms with Gasteiger partial charge in [0.15, 0.2) is 11.9 Å². The van der Waals surface area contributed by atoms with E-state index in [1.807, 2.05) is 4.98 Å². The first-order chi connectivity index (χ1) is 8.27. The van der Waals surface area contributed by atoms with Crippen molar-refractivity contribution in [1.82, 2.24) is 9.55 Å². The Labute approximate surface area is 114 Å². The van der Waals surface area contributed by atoms with Gasteiger partial charge in [0.25, 0.3) is 5.56 Å². The number of ether oxygens (including phenoxy) is 1. The van der Waals surface area contributed by atoms with Crippen molar-refractivity contribution in [3.63, 3.8) is 0 Å². The topological polar surface area (TPSA) is 64.1 Å². The molecule has 0 unspecified atom stereocenters. The van der Waals surface area contributed by atoms with E-state index in [4.69, 9.17) is 4.74 Å². The van der Waals surface area contributed by atoms with Crippen LogP contribution in [0.2, 0.25) is 0 Å². The second-order valence-corrected chi connectivity index (χ2v) is 4.97. The summed E-state index contributed by atoms with van der Waals surface area (Å²) in [4.78, 5) is 24.4. The fourth-order valence-electron chi connectivity index (χ4n) is 1.84. The van der Waals surface area contributed by atoms with E-state index in [-0.39, 0.29) is 4.43 Å². The Morgan fingerprint density at radius 2 is 2.22 bits per heavy atom. The zero-order valence-corrected chi connectivity index (χ0v) is 11.5. The SMILES string of the molecule is C[C@@]1(F)[CH][C@@](F)(CI)O[C@H]1n1ccc(=O)[nH]c1=O. The number of aromatic nitrogens is 2. The van der Waals surface area contributed by atoms with Crippen molar-refractivity contribution in [3.8, 4) is 0 Å². The Balaban J connectivity index is 2.45. The van der Waals surface area contributed by atoms with Crippen LogP contribution in [0, 0.1) is 6.42 Å². The van der Waals surface area contributed by atoms with E-state index in [1.165, 1.54) is 0 Å². The van der Waals surface area contributed by atoms with Crippen LogP contribution in [-0.2, 0) is 4.74 Å². The summed E-state index contributed by atoms with van der Waals surface area (Å²) in [5, 5.41) is 0. The Kier molecular flexibility index (Phi) is 3.34. The molecule has 0 bridgehead atoms. The maximum atomic E-state index is 14.2. The molecule has 1 saturated heterocycles. The number of hydrogen-bond donors (Lipinski definition) is 1. The molecule has 0 spiro atoms. The third kappa shape index (κ3) is 2.35. The zero-order chi connectivity index (χ0) is 13.6. The molecule has 1 aliphatic rings. The van der Waals surface area contributed by atoms with Crippen molar-refractivity contribution >= 4 is 22.6 Å². The van der Waals surface area contributed by atoms with Crippen molar-refractivity contribution in [2.24, 2.45) is 0 Å². The lowest BCUT2D eigenvalue weighted by Gasteiger charge is -2.22. The molecule has 1 fully saturated rings. The highest BCUT2D eigenvalue weighted by atomic mass is 127. The van der Waals surface area contributed by atoms with Gasteiger partial charge in [-0.05, 0) is 6.92 Å². The number of H-pyrrole nitrogens is 1. The fourth-order valence-corrected chi connectivity index (χ4v) is 2.24. The molecule has 0 saturated carbocycles. The Hall–Kier alpha value is -0.770. The summed E-state index contributed by atoms with van der Waals surface area (Å²) in [5.74, 6) is -2.23. The van der Waals surface area contributed by atoms with Gasteiger partial charge in [-0.1, -0.05) is 22.6 Å². The van der Waals surface area contributed by atoms with E-state index in [0.29, 0.717) is 0 Å². The molecular weight excluding hydrogens is 361 g/mol. The molecule has 2 heterocycles. The van der Waals surface area contributed by atoms with Crippen molar-refractivity contribution in [1.29, 1.82) is 0 Å². The first-order valence-electron chi connectivity index (χ1n) is 5.07.